The van der Waals surface area contributed by atoms with Crippen LogP contribution in [0.2, 0.25) is 0 Å². The van der Waals surface area contributed by atoms with Crippen molar-refractivity contribution in [2.45, 2.75) is 12.8 Å². The number of hydrogen-bond donors (Lipinski definition) is 2. The Hall–Kier alpha value is -3.75. The van der Waals surface area contributed by atoms with Crippen LogP contribution in [-0.2, 0) is 9.59 Å². The summed E-state index contributed by atoms with van der Waals surface area (Å²) in [6.07, 6.45) is 2.05. The predicted octanol–water partition coefficient (Wildman–Crippen LogP) is 2.32. The molecule has 0 heterocycles. The highest BCUT2D eigenvalue weighted by Crippen LogP contribution is 2.31. The first kappa shape index (κ1) is 23.9. The van der Waals surface area contributed by atoms with E-state index in [1.165, 1.54) is 19.1 Å². The van der Waals surface area contributed by atoms with Gasteiger partial charge in [-0.15, -0.1) is 0 Å². The average Bonchev–Trinajstić information content (AvgIpc) is 3.66. The molecule has 0 spiro atoms. The third kappa shape index (κ3) is 6.86. The number of carbonyl (C=O) groups is 3. The highest BCUT2D eigenvalue weighted by Gasteiger charge is 2.30. The van der Waals surface area contributed by atoms with E-state index in [2.05, 4.69) is 10.6 Å². The van der Waals surface area contributed by atoms with E-state index < -0.39 is 5.91 Å². The van der Waals surface area contributed by atoms with Crippen LogP contribution in [0.5, 0.6) is 17.2 Å². The standard InChI is InChI=1S/C24H29N3O6/c1-31-18-8-6-17(7-9-18)26-22(28)13-25-23(29)15-27(14-16-4-5-16)24(30)20-11-10-19(32-2)12-21(20)33-3/h6-12,16H,4-5,13-15H2,1-3H3,(H,25,29)(H,26,28). The third-order valence-corrected chi connectivity index (χ3v) is 5.26. The second-order valence-corrected chi connectivity index (χ2v) is 7.75. The first-order chi connectivity index (χ1) is 15.9. The van der Waals surface area contributed by atoms with Gasteiger partial charge in [0.05, 0.1) is 40.0 Å². The molecule has 2 N–H and O–H groups in total. The van der Waals surface area contributed by atoms with Crippen LogP contribution in [0.15, 0.2) is 42.5 Å². The van der Waals surface area contributed by atoms with E-state index in [1.54, 1.807) is 49.6 Å². The fraction of sp³-hybridized carbons (Fsp3) is 0.375. The number of ether oxygens (including phenoxy) is 3. The highest BCUT2D eigenvalue weighted by molar-refractivity contribution is 6.00. The molecule has 2 aromatic rings. The van der Waals surface area contributed by atoms with Crippen molar-refractivity contribution in [2.24, 2.45) is 5.92 Å². The Bertz CT molecular complexity index is 988. The summed E-state index contributed by atoms with van der Waals surface area (Å²) in [4.78, 5) is 39.4. The highest BCUT2D eigenvalue weighted by atomic mass is 16.5. The molecule has 0 aliphatic heterocycles. The summed E-state index contributed by atoms with van der Waals surface area (Å²) in [5, 5.41) is 5.28. The van der Waals surface area contributed by atoms with Crippen LogP contribution >= 0.6 is 0 Å². The molecule has 0 aromatic heterocycles. The van der Waals surface area contributed by atoms with Crippen LogP contribution in [0, 0.1) is 5.92 Å². The van der Waals surface area contributed by atoms with Gasteiger partial charge in [0.15, 0.2) is 0 Å². The van der Waals surface area contributed by atoms with Crippen LogP contribution in [0.25, 0.3) is 0 Å². The second kappa shape index (κ2) is 11.2. The molecule has 0 radical (unpaired) electrons. The number of carbonyl (C=O) groups excluding carboxylic acids is 3. The molecular formula is C24H29N3O6. The fourth-order valence-electron chi connectivity index (χ4n) is 3.26. The average molecular weight is 456 g/mol. The normalized spacial score (nSPS) is 12.5. The third-order valence-electron chi connectivity index (χ3n) is 5.26. The Morgan fingerprint density at radius 3 is 2.18 bits per heavy atom. The Balaban J connectivity index is 1.58. The Morgan fingerprint density at radius 1 is 0.909 bits per heavy atom. The van der Waals surface area contributed by atoms with E-state index in [-0.39, 0.29) is 24.9 Å². The second-order valence-electron chi connectivity index (χ2n) is 7.75. The molecule has 9 nitrogen and oxygen atoms in total. The molecule has 0 unspecified atom stereocenters. The first-order valence-corrected chi connectivity index (χ1v) is 10.7. The molecular weight excluding hydrogens is 426 g/mol. The monoisotopic (exact) mass is 455 g/mol. The summed E-state index contributed by atoms with van der Waals surface area (Å²) in [5.74, 6) is 0.905. The maximum absolute atomic E-state index is 13.2. The minimum Gasteiger partial charge on any atom is -0.497 e. The number of nitrogens with one attached hydrogen (secondary N) is 2. The molecule has 2 aromatic carbocycles. The van der Waals surface area contributed by atoms with Gasteiger partial charge in [-0.05, 0) is 55.2 Å². The summed E-state index contributed by atoms with van der Waals surface area (Å²) in [5.41, 5.74) is 0.941. The number of anilines is 1. The lowest BCUT2D eigenvalue weighted by molar-refractivity contribution is -0.124. The van der Waals surface area contributed by atoms with Crippen molar-refractivity contribution in [3.05, 3.63) is 48.0 Å². The molecule has 1 aliphatic rings. The number of nitrogens with zero attached hydrogens (tertiary/aromatic N) is 1. The molecule has 0 bridgehead atoms. The zero-order valence-corrected chi connectivity index (χ0v) is 19.1. The Morgan fingerprint density at radius 2 is 1.58 bits per heavy atom. The molecule has 176 valence electrons. The molecule has 0 saturated heterocycles. The minimum atomic E-state index is -0.415. The fourth-order valence-corrected chi connectivity index (χ4v) is 3.26. The van der Waals surface area contributed by atoms with Crippen LogP contribution in [0.1, 0.15) is 23.2 Å². The van der Waals surface area contributed by atoms with Crippen LogP contribution in [0.4, 0.5) is 5.69 Å². The lowest BCUT2D eigenvalue weighted by atomic mass is 10.1. The molecule has 9 heteroatoms. The lowest BCUT2D eigenvalue weighted by Gasteiger charge is -2.23. The number of rotatable bonds is 11. The van der Waals surface area contributed by atoms with E-state index >= 15 is 0 Å². The van der Waals surface area contributed by atoms with Crippen LogP contribution in [0.3, 0.4) is 0 Å². The van der Waals surface area contributed by atoms with Crippen molar-refractivity contribution >= 4 is 23.4 Å². The summed E-state index contributed by atoms with van der Waals surface area (Å²) in [7, 11) is 4.57. The largest absolute Gasteiger partial charge is 0.497 e. The summed E-state index contributed by atoms with van der Waals surface area (Å²) >= 11 is 0. The van der Waals surface area contributed by atoms with Gasteiger partial charge >= 0.3 is 0 Å². The summed E-state index contributed by atoms with van der Waals surface area (Å²) < 4.78 is 15.6. The smallest absolute Gasteiger partial charge is 0.258 e. The number of hydrogen-bond acceptors (Lipinski definition) is 6. The van der Waals surface area contributed by atoms with Crippen molar-refractivity contribution in [3.8, 4) is 17.2 Å². The van der Waals surface area contributed by atoms with Crippen molar-refractivity contribution in [2.75, 3.05) is 46.3 Å². The first-order valence-electron chi connectivity index (χ1n) is 10.7. The van der Waals surface area contributed by atoms with Gasteiger partial charge < -0.3 is 29.7 Å². The quantitative estimate of drug-likeness (QED) is 0.539. The predicted molar refractivity (Wildman–Crippen MR) is 123 cm³/mol. The number of amides is 3. The Labute approximate surface area is 193 Å². The molecule has 33 heavy (non-hydrogen) atoms. The van der Waals surface area contributed by atoms with E-state index in [0.717, 1.165) is 12.8 Å². The topological polar surface area (TPSA) is 106 Å². The summed E-state index contributed by atoms with van der Waals surface area (Å²) in [6.45, 7) is 0.113. The maximum atomic E-state index is 13.2. The SMILES string of the molecule is COc1ccc(NC(=O)CNC(=O)CN(CC2CC2)C(=O)c2ccc(OC)cc2OC)cc1. The van der Waals surface area contributed by atoms with Gasteiger partial charge in [0.2, 0.25) is 11.8 Å². The zero-order valence-electron chi connectivity index (χ0n) is 19.1. The Kier molecular flexibility index (Phi) is 8.12. The molecule has 3 rings (SSSR count). The maximum Gasteiger partial charge on any atom is 0.258 e. The molecule has 0 atom stereocenters. The van der Waals surface area contributed by atoms with Crippen molar-refractivity contribution < 1.29 is 28.6 Å². The van der Waals surface area contributed by atoms with Gasteiger partial charge in [0.25, 0.3) is 5.91 Å². The van der Waals surface area contributed by atoms with Crippen LogP contribution in [-0.4, -0.2) is 63.6 Å². The van der Waals surface area contributed by atoms with Gasteiger partial charge in [-0.2, -0.15) is 0 Å². The minimum absolute atomic E-state index is 0.152. The number of benzene rings is 2. The lowest BCUT2D eigenvalue weighted by Crippen LogP contribution is -2.43. The zero-order chi connectivity index (χ0) is 23.8. The van der Waals surface area contributed by atoms with Crippen molar-refractivity contribution in [3.63, 3.8) is 0 Å². The van der Waals surface area contributed by atoms with Gasteiger partial charge in [-0.1, -0.05) is 0 Å². The van der Waals surface area contributed by atoms with E-state index in [9.17, 15) is 14.4 Å². The molecule has 1 saturated carbocycles. The van der Waals surface area contributed by atoms with Gasteiger partial charge in [0.1, 0.15) is 17.2 Å². The molecule has 1 fully saturated rings. The van der Waals surface area contributed by atoms with E-state index in [4.69, 9.17) is 14.2 Å². The van der Waals surface area contributed by atoms with E-state index in [0.29, 0.717) is 41.0 Å². The van der Waals surface area contributed by atoms with E-state index in [1.807, 2.05) is 0 Å². The molecule has 1 aliphatic carbocycles. The van der Waals surface area contributed by atoms with Crippen molar-refractivity contribution in [1.82, 2.24) is 10.2 Å². The number of methoxy groups -OCH3 is 3. The van der Waals surface area contributed by atoms with Gasteiger partial charge in [-0.3, -0.25) is 14.4 Å². The molecule has 3 amide bonds. The van der Waals surface area contributed by atoms with Crippen LogP contribution < -0.4 is 24.8 Å². The van der Waals surface area contributed by atoms with Gasteiger partial charge in [-0.25, -0.2) is 0 Å². The summed E-state index contributed by atoms with van der Waals surface area (Å²) in [6, 6.07) is 11.8. The van der Waals surface area contributed by atoms with Crippen molar-refractivity contribution in [1.29, 1.82) is 0 Å². The van der Waals surface area contributed by atoms with Gasteiger partial charge in [0, 0.05) is 18.3 Å².